The minimum absolute atomic E-state index is 0.00166. The van der Waals surface area contributed by atoms with Gasteiger partial charge in [0.25, 0.3) is 23.6 Å². The van der Waals surface area contributed by atoms with Gasteiger partial charge in [-0.2, -0.15) is 0 Å². The van der Waals surface area contributed by atoms with Gasteiger partial charge in [0.05, 0.1) is 6.42 Å². The highest BCUT2D eigenvalue weighted by atomic mass is 16.7. The summed E-state index contributed by atoms with van der Waals surface area (Å²) in [5.74, 6) is -3.47. The number of carbonyl (C=O) groups excluding carboxylic acids is 5. The molecular formula is C13H14N2O6. The first-order valence-electron chi connectivity index (χ1n) is 6.43. The average molecular weight is 294 g/mol. The Morgan fingerprint density at radius 1 is 1.33 bits per heavy atom. The van der Waals surface area contributed by atoms with Gasteiger partial charge < -0.3 is 4.84 Å². The fourth-order valence-electron chi connectivity index (χ4n) is 2.05. The van der Waals surface area contributed by atoms with Crippen LogP contribution in [0, 0.1) is 5.92 Å². The van der Waals surface area contributed by atoms with Gasteiger partial charge in [0.1, 0.15) is 0 Å². The highest BCUT2D eigenvalue weighted by Crippen LogP contribution is 2.19. The molecule has 112 valence electrons. The summed E-state index contributed by atoms with van der Waals surface area (Å²) in [5.41, 5.74) is 0.298. The van der Waals surface area contributed by atoms with Crippen LogP contribution in [-0.2, 0) is 28.8 Å². The quantitative estimate of drug-likeness (QED) is 0.651. The smallest absolute Gasteiger partial charge is 0.330 e. The fourth-order valence-corrected chi connectivity index (χ4v) is 2.05. The molecule has 2 aliphatic heterocycles. The number of rotatable bonds is 4. The summed E-state index contributed by atoms with van der Waals surface area (Å²) < 4.78 is 0. The van der Waals surface area contributed by atoms with E-state index in [0.717, 1.165) is 4.90 Å². The van der Waals surface area contributed by atoms with Crippen molar-refractivity contribution in [2.45, 2.75) is 26.7 Å². The molecule has 0 radical (unpaired) electrons. The van der Waals surface area contributed by atoms with Gasteiger partial charge in [0.2, 0.25) is 0 Å². The Labute approximate surface area is 120 Å². The van der Waals surface area contributed by atoms with Crippen LogP contribution < -0.4 is 0 Å². The van der Waals surface area contributed by atoms with E-state index in [9.17, 15) is 24.0 Å². The van der Waals surface area contributed by atoms with Crippen molar-refractivity contribution in [3.8, 4) is 0 Å². The summed E-state index contributed by atoms with van der Waals surface area (Å²) in [7, 11) is 0. The lowest BCUT2D eigenvalue weighted by molar-refractivity contribution is -0.198. The second-order valence-electron chi connectivity index (χ2n) is 4.97. The molecule has 2 aliphatic rings. The molecular weight excluding hydrogens is 280 g/mol. The second-order valence-corrected chi connectivity index (χ2v) is 4.97. The van der Waals surface area contributed by atoms with E-state index in [0.29, 0.717) is 10.6 Å². The van der Waals surface area contributed by atoms with E-state index < -0.39 is 35.5 Å². The van der Waals surface area contributed by atoms with Crippen molar-refractivity contribution < 1.29 is 28.8 Å². The molecule has 8 heteroatoms. The maximum atomic E-state index is 11.6. The zero-order chi connectivity index (χ0) is 15.7. The maximum Gasteiger partial charge on any atom is 0.335 e. The SMILES string of the molecule is CC1=CC(=O)N(CCC(=O)ON2C(=O)CC(C)C2=O)C1=O. The Bertz CT molecular complexity index is 579. The van der Waals surface area contributed by atoms with Crippen LogP contribution in [-0.4, -0.2) is 46.1 Å². The fraction of sp³-hybridized carbons (Fsp3) is 0.462. The van der Waals surface area contributed by atoms with E-state index in [4.69, 9.17) is 4.84 Å². The molecule has 0 aliphatic carbocycles. The van der Waals surface area contributed by atoms with E-state index in [-0.39, 0.29) is 19.4 Å². The van der Waals surface area contributed by atoms with Crippen LogP contribution in [0.4, 0.5) is 0 Å². The van der Waals surface area contributed by atoms with Crippen LogP contribution in [0.25, 0.3) is 0 Å². The molecule has 21 heavy (non-hydrogen) atoms. The number of nitrogens with zero attached hydrogens (tertiary/aromatic N) is 2. The van der Waals surface area contributed by atoms with Gasteiger partial charge in [-0.25, -0.2) is 4.79 Å². The van der Waals surface area contributed by atoms with Gasteiger partial charge in [0.15, 0.2) is 0 Å². The van der Waals surface area contributed by atoms with E-state index >= 15 is 0 Å². The molecule has 1 saturated heterocycles. The number of amides is 4. The summed E-state index contributed by atoms with van der Waals surface area (Å²) >= 11 is 0. The summed E-state index contributed by atoms with van der Waals surface area (Å²) in [6, 6.07) is 0. The molecule has 4 amide bonds. The first-order chi connectivity index (χ1) is 9.81. The molecule has 1 unspecified atom stereocenters. The normalized spacial score (nSPS) is 22.2. The predicted molar refractivity (Wildman–Crippen MR) is 66.8 cm³/mol. The molecule has 2 rings (SSSR count). The standard InChI is InChI=1S/C13H14N2O6/c1-7-5-9(16)14(12(7)19)4-3-11(18)21-15-10(17)6-8(2)13(15)20/h5,8H,3-4,6H2,1-2H3. The van der Waals surface area contributed by atoms with Crippen molar-refractivity contribution in [1.29, 1.82) is 0 Å². The van der Waals surface area contributed by atoms with E-state index in [1.165, 1.54) is 13.0 Å². The molecule has 0 aromatic rings. The first-order valence-corrected chi connectivity index (χ1v) is 6.43. The Kier molecular flexibility index (Phi) is 3.88. The molecule has 2 heterocycles. The third-order valence-corrected chi connectivity index (χ3v) is 3.25. The summed E-state index contributed by atoms with van der Waals surface area (Å²) in [4.78, 5) is 63.3. The van der Waals surface area contributed by atoms with Crippen molar-refractivity contribution in [2.24, 2.45) is 5.92 Å². The Morgan fingerprint density at radius 2 is 2.00 bits per heavy atom. The molecule has 1 fully saturated rings. The van der Waals surface area contributed by atoms with Crippen molar-refractivity contribution in [1.82, 2.24) is 9.96 Å². The number of hydrogen-bond acceptors (Lipinski definition) is 6. The van der Waals surface area contributed by atoms with Gasteiger partial charge in [-0.3, -0.25) is 24.1 Å². The highest BCUT2D eigenvalue weighted by molar-refractivity contribution is 6.16. The zero-order valence-electron chi connectivity index (χ0n) is 11.6. The molecule has 0 saturated carbocycles. The number of imide groups is 2. The highest BCUT2D eigenvalue weighted by Gasteiger charge is 2.39. The van der Waals surface area contributed by atoms with Crippen molar-refractivity contribution in [3.05, 3.63) is 11.6 Å². The lowest BCUT2D eigenvalue weighted by Gasteiger charge is -2.16. The zero-order valence-corrected chi connectivity index (χ0v) is 11.6. The number of hydrogen-bond donors (Lipinski definition) is 0. The van der Waals surface area contributed by atoms with Gasteiger partial charge in [-0.15, -0.1) is 5.06 Å². The third-order valence-electron chi connectivity index (χ3n) is 3.25. The minimum atomic E-state index is -0.851. The molecule has 0 aromatic heterocycles. The molecule has 0 spiro atoms. The lowest BCUT2D eigenvalue weighted by atomic mass is 10.1. The molecule has 0 N–H and O–H groups in total. The maximum absolute atomic E-state index is 11.6. The van der Waals surface area contributed by atoms with Crippen LogP contribution >= 0.6 is 0 Å². The first kappa shape index (κ1) is 14.9. The van der Waals surface area contributed by atoms with E-state index in [1.807, 2.05) is 0 Å². The third kappa shape index (κ3) is 2.83. The van der Waals surface area contributed by atoms with Gasteiger partial charge in [0, 0.05) is 30.5 Å². The number of hydroxylamine groups is 2. The Hall–Kier alpha value is -2.51. The summed E-state index contributed by atoms with van der Waals surface area (Å²) in [6.45, 7) is 2.90. The lowest BCUT2D eigenvalue weighted by Crippen LogP contribution is -2.36. The number of carbonyl (C=O) groups is 5. The van der Waals surface area contributed by atoms with Crippen LogP contribution in [0.1, 0.15) is 26.7 Å². The molecule has 8 nitrogen and oxygen atoms in total. The molecule has 0 aromatic carbocycles. The van der Waals surface area contributed by atoms with Crippen LogP contribution in [0.2, 0.25) is 0 Å². The van der Waals surface area contributed by atoms with Gasteiger partial charge >= 0.3 is 5.97 Å². The monoisotopic (exact) mass is 294 g/mol. The topological polar surface area (TPSA) is 101 Å². The van der Waals surface area contributed by atoms with Crippen molar-refractivity contribution in [3.63, 3.8) is 0 Å². The average Bonchev–Trinajstić information content (AvgIpc) is 2.79. The predicted octanol–water partition coefficient (Wildman–Crippen LogP) is -0.455. The minimum Gasteiger partial charge on any atom is -0.330 e. The molecule has 0 bridgehead atoms. The van der Waals surface area contributed by atoms with Gasteiger partial charge in [-0.1, -0.05) is 6.92 Å². The van der Waals surface area contributed by atoms with E-state index in [2.05, 4.69) is 0 Å². The largest absolute Gasteiger partial charge is 0.335 e. The van der Waals surface area contributed by atoms with Crippen LogP contribution in [0.15, 0.2) is 11.6 Å². The van der Waals surface area contributed by atoms with Crippen LogP contribution in [0.5, 0.6) is 0 Å². The summed E-state index contributed by atoms with van der Waals surface area (Å²) in [5, 5.41) is 0.449. The Morgan fingerprint density at radius 3 is 2.48 bits per heavy atom. The van der Waals surface area contributed by atoms with E-state index in [1.54, 1.807) is 6.92 Å². The van der Waals surface area contributed by atoms with Crippen molar-refractivity contribution in [2.75, 3.05) is 6.54 Å². The van der Waals surface area contributed by atoms with Gasteiger partial charge in [-0.05, 0) is 6.92 Å². The molecule has 1 atom stereocenters. The summed E-state index contributed by atoms with van der Waals surface area (Å²) in [6.07, 6.45) is 0.894. The van der Waals surface area contributed by atoms with Crippen molar-refractivity contribution >= 4 is 29.6 Å². The Balaban J connectivity index is 1.86. The second kappa shape index (κ2) is 5.47. The van der Waals surface area contributed by atoms with Crippen LogP contribution in [0.3, 0.4) is 0 Å².